The van der Waals surface area contributed by atoms with E-state index >= 15 is 0 Å². The molecule has 1 heterocycles. The Balaban J connectivity index is 2.27. The average Bonchev–Trinajstić information content (AvgIpc) is 2.26. The minimum Gasteiger partial charge on any atom is -0.356 e. The van der Waals surface area contributed by atoms with Crippen LogP contribution in [0.3, 0.4) is 0 Å². The van der Waals surface area contributed by atoms with E-state index in [-0.39, 0.29) is 11.8 Å². The smallest absolute Gasteiger partial charge is 0.223 e. The molecule has 0 atom stereocenters. The van der Waals surface area contributed by atoms with E-state index in [4.69, 9.17) is 0 Å². The maximum Gasteiger partial charge on any atom is 0.223 e. The molecule has 1 aliphatic rings. The Bertz CT molecular complexity index is 218. The average molecular weight is 226 g/mol. The Morgan fingerprint density at radius 1 is 1.25 bits per heavy atom. The number of carbonyl (C=O) groups excluding carboxylic acids is 1. The second-order valence-electron chi connectivity index (χ2n) is 5.54. The molecular formula is C13H26N2O. The van der Waals surface area contributed by atoms with Crippen molar-refractivity contribution in [2.24, 2.45) is 11.8 Å². The van der Waals surface area contributed by atoms with Crippen molar-refractivity contribution in [3.63, 3.8) is 0 Å². The van der Waals surface area contributed by atoms with E-state index in [1.165, 1.54) is 0 Å². The topological polar surface area (TPSA) is 32.3 Å². The second kappa shape index (κ2) is 6.24. The Kier molecular flexibility index (Phi) is 5.26. The minimum absolute atomic E-state index is 0.244. The fourth-order valence-corrected chi connectivity index (χ4v) is 2.13. The second-order valence-corrected chi connectivity index (χ2v) is 5.54. The molecule has 1 rings (SSSR count). The molecule has 0 aliphatic carbocycles. The van der Waals surface area contributed by atoms with Gasteiger partial charge in [-0.1, -0.05) is 13.8 Å². The predicted octanol–water partition coefficient (Wildman–Crippen LogP) is 1.88. The van der Waals surface area contributed by atoms with E-state index in [2.05, 4.69) is 37.9 Å². The Labute approximate surface area is 99.6 Å². The molecule has 3 heteroatoms. The summed E-state index contributed by atoms with van der Waals surface area (Å²) in [5.74, 6) is 1.05. The highest BCUT2D eigenvalue weighted by molar-refractivity contribution is 5.78. The van der Waals surface area contributed by atoms with Gasteiger partial charge in [0.1, 0.15) is 0 Å². The van der Waals surface area contributed by atoms with Gasteiger partial charge in [-0.25, -0.2) is 0 Å². The molecule has 1 aliphatic heterocycles. The highest BCUT2D eigenvalue weighted by Crippen LogP contribution is 2.18. The number of nitrogens with zero attached hydrogens (tertiary/aromatic N) is 1. The molecule has 0 unspecified atom stereocenters. The molecule has 0 radical (unpaired) electrons. The van der Waals surface area contributed by atoms with Crippen molar-refractivity contribution in [1.29, 1.82) is 0 Å². The number of nitrogens with one attached hydrogen (secondary N) is 1. The lowest BCUT2D eigenvalue weighted by atomic mass is 9.95. The SMILES string of the molecule is CC(C)CNC(=O)C1CCN(C(C)C)CC1. The minimum atomic E-state index is 0.244. The number of amides is 1. The maximum atomic E-state index is 11.8. The maximum absolute atomic E-state index is 11.8. The van der Waals surface area contributed by atoms with E-state index in [1.807, 2.05) is 0 Å². The van der Waals surface area contributed by atoms with Crippen molar-refractivity contribution in [3.05, 3.63) is 0 Å². The first kappa shape index (κ1) is 13.5. The highest BCUT2D eigenvalue weighted by Gasteiger charge is 2.25. The quantitative estimate of drug-likeness (QED) is 0.794. The summed E-state index contributed by atoms with van der Waals surface area (Å²) in [6.07, 6.45) is 2.03. The number of rotatable bonds is 4. The van der Waals surface area contributed by atoms with Gasteiger partial charge in [-0.05, 0) is 45.7 Å². The van der Waals surface area contributed by atoms with Crippen LogP contribution < -0.4 is 5.32 Å². The van der Waals surface area contributed by atoms with Gasteiger partial charge in [0.2, 0.25) is 5.91 Å². The van der Waals surface area contributed by atoms with Gasteiger partial charge in [0.15, 0.2) is 0 Å². The number of hydrogen-bond donors (Lipinski definition) is 1. The first-order chi connectivity index (χ1) is 7.50. The molecule has 0 spiro atoms. The van der Waals surface area contributed by atoms with Crippen LogP contribution in [0, 0.1) is 11.8 Å². The van der Waals surface area contributed by atoms with Gasteiger partial charge in [-0.15, -0.1) is 0 Å². The highest BCUT2D eigenvalue weighted by atomic mass is 16.1. The van der Waals surface area contributed by atoms with Crippen LogP contribution in [0.1, 0.15) is 40.5 Å². The van der Waals surface area contributed by atoms with Gasteiger partial charge >= 0.3 is 0 Å². The molecule has 1 fully saturated rings. The van der Waals surface area contributed by atoms with Crippen LogP contribution in [0.2, 0.25) is 0 Å². The molecule has 3 nitrogen and oxygen atoms in total. The van der Waals surface area contributed by atoms with Crippen LogP contribution in [0.25, 0.3) is 0 Å². The molecule has 0 saturated carbocycles. The van der Waals surface area contributed by atoms with E-state index in [0.29, 0.717) is 12.0 Å². The fraction of sp³-hybridized carbons (Fsp3) is 0.923. The number of likely N-dealkylation sites (tertiary alicyclic amines) is 1. The molecule has 0 aromatic heterocycles. The fourth-order valence-electron chi connectivity index (χ4n) is 2.13. The Hall–Kier alpha value is -0.570. The van der Waals surface area contributed by atoms with Gasteiger partial charge in [0.25, 0.3) is 0 Å². The zero-order valence-electron chi connectivity index (χ0n) is 11.1. The van der Waals surface area contributed by atoms with Gasteiger partial charge in [0, 0.05) is 18.5 Å². The molecule has 0 aromatic rings. The lowest BCUT2D eigenvalue weighted by Gasteiger charge is -2.34. The zero-order valence-corrected chi connectivity index (χ0v) is 11.1. The molecule has 0 bridgehead atoms. The molecule has 94 valence electrons. The van der Waals surface area contributed by atoms with Crippen LogP contribution in [0.4, 0.5) is 0 Å². The van der Waals surface area contributed by atoms with E-state index in [0.717, 1.165) is 32.5 Å². The first-order valence-corrected chi connectivity index (χ1v) is 6.52. The summed E-state index contributed by atoms with van der Waals surface area (Å²) in [7, 11) is 0. The van der Waals surface area contributed by atoms with Crippen molar-refractivity contribution in [2.75, 3.05) is 19.6 Å². The number of piperidine rings is 1. The van der Waals surface area contributed by atoms with Crippen LogP contribution in [-0.2, 0) is 4.79 Å². The molecule has 0 aromatic carbocycles. The van der Waals surface area contributed by atoms with Gasteiger partial charge < -0.3 is 10.2 Å². The summed E-state index contributed by atoms with van der Waals surface area (Å²) in [5.41, 5.74) is 0. The van der Waals surface area contributed by atoms with E-state index < -0.39 is 0 Å². The van der Waals surface area contributed by atoms with Crippen molar-refractivity contribution in [2.45, 2.75) is 46.6 Å². The first-order valence-electron chi connectivity index (χ1n) is 6.52. The lowest BCUT2D eigenvalue weighted by Crippen LogP contribution is -2.43. The molecule has 1 amide bonds. The number of carbonyl (C=O) groups is 1. The van der Waals surface area contributed by atoms with Crippen LogP contribution in [0.5, 0.6) is 0 Å². The summed E-state index contributed by atoms with van der Waals surface area (Å²) in [5, 5.41) is 3.04. The summed E-state index contributed by atoms with van der Waals surface area (Å²) < 4.78 is 0. The third kappa shape index (κ3) is 4.12. The summed E-state index contributed by atoms with van der Waals surface area (Å²) in [6, 6.07) is 0.611. The van der Waals surface area contributed by atoms with Crippen LogP contribution >= 0.6 is 0 Å². The molecule has 1 saturated heterocycles. The summed E-state index contributed by atoms with van der Waals surface area (Å²) in [6.45, 7) is 11.6. The lowest BCUT2D eigenvalue weighted by molar-refractivity contribution is -0.126. The van der Waals surface area contributed by atoms with E-state index in [9.17, 15) is 4.79 Å². The normalized spacial score (nSPS) is 19.4. The zero-order chi connectivity index (χ0) is 12.1. The number of hydrogen-bond acceptors (Lipinski definition) is 2. The largest absolute Gasteiger partial charge is 0.356 e. The van der Waals surface area contributed by atoms with Gasteiger partial charge in [-0.3, -0.25) is 4.79 Å². The van der Waals surface area contributed by atoms with E-state index in [1.54, 1.807) is 0 Å². The molecule has 1 N–H and O–H groups in total. The van der Waals surface area contributed by atoms with Crippen molar-refractivity contribution in [1.82, 2.24) is 10.2 Å². The summed E-state index contributed by atoms with van der Waals surface area (Å²) in [4.78, 5) is 14.3. The monoisotopic (exact) mass is 226 g/mol. The Morgan fingerprint density at radius 2 is 1.81 bits per heavy atom. The van der Waals surface area contributed by atoms with Crippen LogP contribution in [0.15, 0.2) is 0 Å². The third-order valence-corrected chi connectivity index (χ3v) is 3.32. The molecule has 16 heavy (non-hydrogen) atoms. The molecular weight excluding hydrogens is 200 g/mol. The van der Waals surface area contributed by atoms with Gasteiger partial charge in [0.05, 0.1) is 0 Å². The standard InChI is InChI=1S/C13H26N2O/c1-10(2)9-14-13(16)12-5-7-15(8-6-12)11(3)4/h10-12H,5-9H2,1-4H3,(H,14,16). The summed E-state index contributed by atoms with van der Waals surface area (Å²) >= 11 is 0. The van der Waals surface area contributed by atoms with Crippen molar-refractivity contribution < 1.29 is 4.79 Å². The Morgan fingerprint density at radius 3 is 2.25 bits per heavy atom. The van der Waals surface area contributed by atoms with Crippen LogP contribution in [-0.4, -0.2) is 36.5 Å². The van der Waals surface area contributed by atoms with Crippen molar-refractivity contribution >= 4 is 5.91 Å². The van der Waals surface area contributed by atoms with Crippen molar-refractivity contribution in [3.8, 4) is 0 Å². The predicted molar refractivity (Wildman–Crippen MR) is 67.3 cm³/mol. The third-order valence-electron chi connectivity index (χ3n) is 3.32. The van der Waals surface area contributed by atoms with Gasteiger partial charge in [-0.2, -0.15) is 0 Å².